The fraction of sp³-hybridized carbons (Fsp3) is 0.861. The summed E-state index contributed by atoms with van der Waals surface area (Å²) in [5.74, 6) is -0.850. The molecule has 3 heterocycles. The molecule has 13 heteroatoms. The van der Waals surface area contributed by atoms with E-state index in [1.807, 2.05) is 6.92 Å². The highest BCUT2D eigenvalue weighted by molar-refractivity contribution is 5.75. The van der Waals surface area contributed by atoms with Crippen LogP contribution in [0.25, 0.3) is 0 Å². The van der Waals surface area contributed by atoms with Crippen LogP contribution in [0.5, 0.6) is 0 Å². The highest BCUT2D eigenvalue weighted by Crippen LogP contribution is 2.32. The van der Waals surface area contributed by atoms with Gasteiger partial charge in [-0.1, -0.05) is 50.7 Å². The zero-order chi connectivity index (χ0) is 35.8. The van der Waals surface area contributed by atoms with E-state index in [1.165, 1.54) is 13.8 Å². The first-order chi connectivity index (χ1) is 23.5. The average molecular weight is 701 g/mol. The number of hydrogen-bond acceptors (Lipinski definition) is 13. The summed E-state index contributed by atoms with van der Waals surface area (Å²) in [6.45, 7) is 4.69. The zero-order valence-electron chi connectivity index (χ0n) is 29.5. The Labute approximate surface area is 290 Å². The SMILES string of the molecule is CC(=O)CCC1OC2OO[C@H]3C(OC(CCC(C)=O)[C@@H](O)C3O)O[C@@H](C)CCCCCCC=CCCCCCCCC(=O)OC([C@@H]1O)[C@H]2O. The van der Waals surface area contributed by atoms with Gasteiger partial charge in [-0.2, -0.15) is 0 Å². The number of ketones is 2. The number of Topliss-reactive ketones (excluding diaryl/α,β-unsaturated/α-hetero) is 2. The molecule has 2 saturated heterocycles. The monoisotopic (exact) mass is 700 g/mol. The Hall–Kier alpha value is -1.81. The largest absolute Gasteiger partial charge is 0.456 e. The Morgan fingerprint density at radius 2 is 1.20 bits per heavy atom. The molecule has 0 aromatic carbocycles. The van der Waals surface area contributed by atoms with Crippen LogP contribution in [0.4, 0.5) is 0 Å². The van der Waals surface area contributed by atoms with Crippen LogP contribution in [0, 0.1) is 0 Å². The minimum absolute atomic E-state index is 0.0542. The highest BCUT2D eigenvalue weighted by atomic mass is 17.2. The Bertz CT molecular complexity index is 1020. The molecule has 2 fully saturated rings. The number of ether oxygens (including phenoxy) is 4. The van der Waals surface area contributed by atoms with E-state index in [2.05, 4.69) is 12.2 Å². The summed E-state index contributed by atoms with van der Waals surface area (Å²) in [7, 11) is 0. The molecule has 0 amide bonds. The first-order valence-corrected chi connectivity index (χ1v) is 18.3. The minimum atomic E-state index is -1.70. The van der Waals surface area contributed by atoms with E-state index in [-0.39, 0.29) is 49.8 Å². The topological polar surface area (TPSA) is 188 Å². The van der Waals surface area contributed by atoms with E-state index >= 15 is 0 Å². The van der Waals surface area contributed by atoms with E-state index in [0.717, 1.165) is 64.2 Å². The smallest absolute Gasteiger partial charge is 0.306 e. The first kappa shape index (κ1) is 41.6. The van der Waals surface area contributed by atoms with Gasteiger partial charge >= 0.3 is 5.97 Å². The molecule has 11 atom stereocenters. The number of aliphatic hydroxyl groups is 4. The summed E-state index contributed by atoms with van der Waals surface area (Å²) < 4.78 is 23.6. The Morgan fingerprint density at radius 3 is 1.84 bits per heavy atom. The van der Waals surface area contributed by atoms with E-state index in [9.17, 15) is 34.8 Å². The molecule has 0 radical (unpaired) electrons. The van der Waals surface area contributed by atoms with Gasteiger partial charge in [0.1, 0.15) is 36.0 Å². The van der Waals surface area contributed by atoms with Crippen molar-refractivity contribution in [3.05, 3.63) is 12.2 Å². The maximum Gasteiger partial charge on any atom is 0.306 e. The molecule has 6 unspecified atom stereocenters. The second-order valence-corrected chi connectivity index (χ2v) is 13.9. The summed E-state index contributed by atoms with van der Waals surface area (Å²) in [5, 5.41) is 44.2. The van der Waals surface area contributed by atoms with Crippen molar-refractivity contribution >= 4 is 17.5 Å². The van der Waals surface area contributed by atoms with Gasteiger partial charge in [0.2, 0.25) is 6.29 Å². The molecule has 13 nitrogen and oxygen atoms in total. The highest BCUT2D eigenvalue weighted by Gasteiger charge is 2.51. The van der Waals surface area contributed by atoms with Crippen LogP contribution in [0.3, 0.4) is 0 Å². The van der Waals surface area contributed by atoms with Gasteiger partial charge in [0.05, 0.1) is 18.3 Å². The Morgan fingerprint density at radius 1 is 0.653 bits per heavy atom. The van der Waals surface area contributed by atoms with Crippen LogP contribution in [0.2, 0.25) is 0 Å². The lowest BCUT2D eigenvalue weighted by molar-refractivity contribution is -0.472. The zero-order valence-corrected chi connectivity index (χ0v) is 29.5. The van der Waals surface area contributed by atoms with Crippen molar-refractivity contribution in [2.75, 3.05) is 0 Å². The summed E-state index contributed by atoms with van der Waals surface area (Å²) in [6.07, 6.45) is 2.26. The molecule has 0 aliphatic carbocycles. The van der Waals surface area contributed by atoms with Crippen molar-refractivity contribution in [3.63, 3.8) is 0 Å². The van der Waals surface area contributed by atoms with Crippen molar-refractivity contribution in [2.24, 2.45) is 0 Å². The number of carbonyl (C=O) groups excluding carboxylic acids is 3. The predicted octanol–water partition coefficient (Wildman–Crippen LogP) is 3.89. The van der Waals surface area contributed by atoms with Crippen molar-refractivity contribution in [1.29, 1.82) is 0 Å². The third kappa shape index (κ3) is 14.4. The summed E-state index contributed by atoms with van der Waals surface area (Å²) in [5.41, 5.74) is 0. The van der Waals surface area contributed by atoms with Crippen molar-refractivity contribution < 1.29 is 63.5 Å². The molecule has 2 bridgehead atoms. The quantitative estimate of drug-likeness (QED) is 0.178. The van der Waals surface area contributed by atoms with Crippen LogP contribution in [0.15, 0.2) is 12.2 Å². The molecule has 3 aliphatic heterocycles. The van der Waals surface area contributed by atoms with Gasteiger partial charge < -0.3 is 49.0 Å². The number of esters is 1. The van der Waals surface area contributed by atoms with Gasteiger partial charge in [-0.25, -0.2) is 9.78 Å². The fourth-order valence-corrected chi connectivity index (χ4v) is 6.38. The number of fused-ring (bicyclic) bond motifs is 3. The van der Waals surface area contributed by atoms with Crippen molar-refractivity contribution in [2.45, 2.75) is 197 Å². The molecule has 0 spiro atoms. The Balaban J connectivity index is 1.78. The maximum atomic E-state index is 12.8. The van der Waals surface area contributed by atoms with Crippen LogP contribution >= 0.6 is 0 Å². The fourth-order valence-electron chi connectivity index (χ4n) is 6.38. The molecular weight excluding hydrogens is 640 g/mol. The molecule has 0 aromatic heterocycles. The molecule has 49 heavy (non-hydrogen) atoms. The van der Waals surface area contributed by atoms with Gasteiger partial charge in [-0.05, 0) is 72.1 Å². The predicted molar refractivity (Wildman–Crippen MR) is 177 cm³/mol. The first-order valence-electron chi connectivity index (χ1n) is 18.3. The van der Waals surface area contributed by atoms with Crippen LogP contribution in [-0.2, 0) is 43.1 Å². The second-order valence-electron chi connectivity index (χ2n) is 13.9. The van der Waals surface area contributed by atoms with E-state index < -0.39 is 67.4 Å². The standard InChI is InChI=1S/C36H60O13/c1-23(37)19-21-26-29(40)31(42)34-36(46-26)44-25(3)17-15-13-11-9-7-5-4-6-8-10-12-14-16-18-28(39)47-33-30(41)27(22-20-24(2)38)45-35(32(33)43)49-48-34/h4-5,25-27,29-36,40-43H,6-22H2,1-3H3/t25-,26?,27?,29+,30+,31?,32+,33?,34+,35?,36?/m0/s1. The maximum absolute atomic E-state index is 12.8. The lowest BCUT2D eigenvalue weighted by Gasteiger charge is -2.44. The summed E-state index contributed by atoms with van der Waals surface area (Å²) in [4.78, 5) is 47.3. The molecule has 3 aliphatic rings. The molecule has 3 rings (SSSR count). The van der Waals surface area contributed by atoms with Gasteiger partial charge in [-0.3, -0.25) is 4.79 Å². The number of rotatable bonds is 6. The van der Waals surface area contributed by atoms with Gasteiger partial charge in [0.25, 0.3) is 0 Å². The van der Waals surface area contributed by atoms with Crippen molar-refractivity contribution in [1.82, 2.24) is 0 Å². The number of carbonyl (C=O) groups is 3. The number of hydrogen-bond donors (Lipinski definition) is 4. The molecule has 0 saturated carbocycles. The lowest BCUT2D eigenvalue weighted by Crippen LogP contribution is -2.62. The van der Waals surface area contributed by atoms with E-state index in [1.54, 1.807) is 0 Å². The second kappa shape index (κ2) is 22.2. The normalized spacial score (nSPS) is 37.0. The number of allylic oxidation sites excluding steroid dienone is 2. The molecular formula is C36H60O13. The third-order valence-corrected chi connectivity index (χ3v) is 9.39. The molecule has 4 N–H and O–H groups in total. The molecule has 0 aromatic rings. The van der Waals surface area contributed by atoms with Gasteiger partial charge in [-0.15, -0.1) is 0 Å². The van der Waals surface area contributed by atoms with Crippen LogP contribution < -0.4 is 0 Å². The Kier molecular flexibility index (Phi) is 18.8. The summed E-state index contributed by atoms with van der Waals surface area (Å²) in [6, 6.07) is 0. The minimum Gasteiger partial charge on any atom is -0.456 e. The van der Waals surface area contributed by atoms with E-state index in [0.29, 0.717) is 12.8 Å². The van der Waals surface area contributed by atoms with Crippen molar-refractivity contribution in [3.8, 4) is 0 Å². The van der Waals surface area contributed by atoms with Crippen LogP contribution in [-0.4, -0.2) is 105 Å². The average Bonchev–Trinajstić information content (AvgIpc) is 3.05. The third-order valence-electron chi connectivity index (χ3n) is 9.39. The summed E-state index contributed by atoms with van der Waals surface area (Å²) >= 11 is 0. The number of aliphatic hydroxyl groups excluding tert-OH is 4. The molecule has 282 valence electrons. The van der Waals surface area contributed by atoms with Gasteiger partial charge in [0, 0.05) is 19.3 Å². The van der Waals surface area contributed by atoms with E-state index in [4.69, 9.17) is 28.7 Å². The lowest BCUT2D eigenvalue weighted by atomic mass is 9.95. The van der Waals surface area contributed by atoms with Crippen LogP contribution in [0.1, 0.15) is 130 Å². The van der Waals surface area contributed by atoms with Gasteiger partial charge in [0.15, 0.2) is 18.5 Å².